The molecule has 0 unspecified atom stereocenters. The van der Waals surface area contributed by atoms with Crippen LogP contribution in [-0.4, -0.2) is 16.6 Å². The molecule has 0 saturated carbocycles. The van der Waals surface area contributed by atoms with E-state index in [1.807, 2.05) is 0 Å². The van der Waals surface area contributed by atoms with E-state index in [1.54, 1.807) is 6.07 Å². The number of halogens is 5. The second-order valence-electron chi connectivity index (χ2n) is 3.28. The van der Waals surface area contributed by atoms with Gasteiger partial charge < -0.3 is 4.74 Å². The number of nitrogens with zero attached hydrogens (tertiary/aromatic N) is 1. The van der Waals surface area contributed by atoms with Gasteiger partial charge in [-0.1, -0.05) is 23.2 Å². The predicted octanol–water partition coefficient (Wildman–Crippen LogP) is 4.28. The topological polar surface area (TPSA) is 37.9 Å². The molecule has 0 spiro atoms. The minimum Gasteiger partial charge on any atom is -0.406 e. The first kappa shape index (κ1) is 13.0. The molecule has 1 N–H and O–H groups in total. The monoisotopic (exact) mass is 296 g/mol. The fourth-order valence-electron chi connectivity index (χ4n) is 1.39. The van der Waals surface area contributed by atoms with Crippen LogP contribution in [0, 0.1) is 0 Å². The number of ether oxygens (including phenoxy) is 1. The number of aromatic amines is 1. The van der Waals surface area contributed by atoms with Gasteiger partial charge in [0.2, 0.25) is 0 Å². The van der Waals surface area contributed by atoms with Crippen LogP contribution in [0.5, 0.6) is 5.75 Å². The maximum absolute atomic E-state index is 12.1. The highest BCUT2D eigenvalue weighted by Crippen LogP contribution is 2.38. The van der Waals surface area contributed by atoms with E-state index in [1.165, 1.54) is 6.20 Å². The molecule has 0 atom stereocenters. The second-order valence-corrected chi connectivity index (χ2v) is 4.09. The molecule has 2 aromatic rings. The Bertz CT molecular complexity index is 532. The molecule has 1 heterocycles. The summed E-state index contributed by atoms with van der Waals surface area (Å²) in [5.74, 6) is -0.472. The normalized spacial score (nSPS) is 11.6. The molecule has 1 aromatic heterocycles. The summed E-state index contributed by atoms with van der Waals surface area (Å²) in [5.41, 5.74) is 0.869. The Kier molecular flexibility index (Phi) is 3.41. The van der Waals surface area contributed by atoms with Gasteiger partial charge in [0, 0.05) is 11.8 Å². The Morgan fingerprint density at radius 2 is 1.78 bits per heavy atom. The molecule has 18 heavy (non-hydrogen) atoms. The van der Waals surface area contributed by atoms with Crippen molar-refractivity contribution in [3.63, 3.8) is 0 Å². The first-order valence-corrected chi connectivity index (χ1v) is 5.37. The van der Waals surface area contributed by atoms with Crippen molar-refractivity contribution in [3.8, 4) is 17.0 Å². The van der Waals surface area contributed by atoms with Crippen LogP contribution >= 0.6 is 23.2 Å². The van der Waals surface area contributed by atoms with Gasteiger partial charge in [0.25, 0.3) is 0 Å². The molecule has 0 bridgehead atoms. The molecule has 0 saturated heterocycles. The molecule has 8 heteroatoms. The van der Waals surface area contributed by atoms with Crippen LogP contribution in [0.2, 0.25) is 10.0 Å². The summed E-state index contributed by atoms with van der Waals surface area (Å²) in [6.45, 7) is 0. The zero-order valence-electron chi connectivity index (χ0n) is 8.55. The number of hydrogen-bond donors (Lipinski definition) is 1. The lowest BCUT2D eigenvalue weighted by Gasteiger charge is -2.11. The van der Waals surface area contributed by atoms with Gasteiger partial charge in [-0.3, -0.25) is 5.10 Å². The summed E-state index contributed by atoms with van der Waals surface area (Å²) in [6.07, 6.45) is -3.32. The molecule has 1 aromatic carbocycles. The molecule has 2 rings (SSSR count). The molecule has 96 valence electrons. The Morgan fingerprint density at radius 1 is 1.17 bits per heavy atom. The minimum atomic E-state index is -4.79. The summed E-state index contributed by atoms with van der Waals surface area (Å²) < 4.78 is 39.9. The fourth-order valence-corrected chi connectivity index (χ4v) is 2.07. The van der Waals surface area contributed by atoms with Crippen molar-refractivity contribution >= 4 is 23.2 Å². The fraction of sp³-hybridized carbons (Fsp3) is 0.100. The SMILES string of the molecule is FC(F)(F)Oc1cc(Cl)c(-c2ccn[nH]2)c(Cl)c1. The summed E-state index contributed by atoms with van der Waals surface area (Å²) in [7, 11) is 0. The van der Waals surface area contributed by atoms with Gasteiger partial charge in [0.15, 0.2) is 0 Å². The van der Waals surface area contributed by atoms with Gasteiger partial charge in [-0.05, 0) is 18.2 Å². The third kappa shape index (κ3) is 2.88. The van der Waals surface area contributed by atoms with Crippen LogP contribution in [0.3, 0.4) is 0 Å². The molecular weight excluding hydrogens is 292 g/mol. The zero-order valence-corrected chi connectivity index (χ0v) is 10.1. The number of nitrogens with one attached hydrogen (secondary N) is 1. The average molecular weight is 297 g/mol. The lowest BCUT2D eigenvalue weighted by Crippen LogP contribution is -2.17. The van der Waals surface area contributed by atoms with Crippen LogP contribution in [-0.2, 0) is 0 Å². The predicted molar refractivity (Wildman–Crippen MR) is 60.7 cm³/mol. The third-order valence-electron chi connectivity index (χ3n) is 2.02. The van der Waals surface area contributed by atoms with Crippen molar-refractivity contribution in [2.24, 2.45) is 0 Å². The first-order chi connectivity index (χ1) is 8.37. The van der Waals surface area contributed by atoms with Crippen LogP contribution in [0.4, 0.5) is 13.2 Å². The molecular formula is C10H5Cl2F3N2O. The highest BCUT2D eigenvalue weighted by molar-refractivity contribution is 6.39. The van der Waals surface area contributed by atoms with Crippen LogP contribution < -0.4 is 4.74 Å². The number of alkyl halides is 3. The zero-order chi connectivity index (χ0) is 13.3. The van der Waals surface area contributed by atoms with Crippen LogP contribution in [0.1, 0.15) is 0 Å². The van der Waals surface area contributed by atoms with Crippen molar-refractivity contribution < 1.29 is 17.9 Å². The van der Waals surface area contributed by atoms with E-state index in [4.69, 9.17) is 23.2 Å². The van der Waals surface area contributed by atoms with Crippen molar-refractivity contribution in [1.82, 2.24) is 10.2 Å². The number of rotatable bonds is 2. The molecule has 3 nitrogen and oxygen atoms in total. The third-order valence-corrected chi connectivity index (χ3v) is 2.62. The maximum Gasteiger partial charge on any atom is 0.573 e. The van der Waals surface area contributed by atoms with E-state index in [0.29, 0.717) is 11.3 Å². The van der Waals surface area contributed by atoms with Crippen LogP contribution in [0.15, 0.2) is 24.4 Å². The minimum absolute atomic E-state index is 0.0333. The number of H-pyrrole nitrogens is 1. The first-order valence-electron chi connectivity index (χ1n) is 4.61. The van der Waals surface area contributed by atoms with E-state index in [9.17, 15) is 13.2 Å². The quantitative estimate of drug-likeness (QED) is 0.898. The Labute approximate surface area is 109 Å². The maximum atomic E-state index is 12.1. The molecule has 0 aliphatic carbocycles. The van der Waals surface area contributed by atoms with E-state index < -0.39 is 12.1 Å². The number of benzene rings is 1. The van der Waals surface area contributed by atoms with Gasteiger partial charge in [-0.2, -0.15) is 5.10 Å². The Morgan fingerprint density at radius 3 is 2.22 bits per heavy atom. The summed E-state index contributed by atoms with van der Waals surface area (Å²) in [6, 6.07) is 3.67. The average Bonchev–Trinajstić information content (AvgIpc) is 2.66. The van der Waals surface area contributed by atoms with Crippen molar-refractivity contribution in [3.05, 3.63) is 34.4 Å². The lowest BCUT2D eigenvalue weighted by molar-refractivity contribution is -0.274. The largest absolute Gasteiger partial charge is 0.573 e. The van der Waals surface area contributed by atoms with E-state index in [0.717, 1.165) is 12.1 Å². The lowest BCUT2D eigenvalue weighted by atomic mass is 10.1. The standard InChI is InChI=1S/C10H5Cl2F3N2O/c11-6-3-5(18-10(13,14)15)4-7(12)9(6)8-1-2-16-17-8/h1-4H,(H,16,17). The summed E-state index contributed by atoms with van der Waals surface area (Å²) >= 11 is 11.8. The van der Waals surface area contributed by atoms with Crippen molar-refractivity contribution in [2.75, 3.05) is 0 Å². The van der Waals surface area contributed by atoms with Gasteiger partial charge in [0.05, 0.1) is 15.7 Å². The van der Waals surface area contributed by atoms with Crippen molar-refractivity contribution in [1.29, 1.82) is 0 Å². The summed E-state index contributed by atoms with van der Waals surface area (Å²) in [5, 5.41) is 6.40. The summed E-state index contributed by atoms with van der Waals surface area (Å²) in [4.78, 5) is 0. The molecule has 0 amide bonds. The molecule has 0 fully saturated rings. The van der Waals surface area contributed by atoms with E-state index in [2.05, 4.69) is 14.9 Å². The Balaban J connectivity index is 2.42. The highest BCUT2D eigenvalue weighted by atomic mass is 35.5. The van der Waals surface area contributed by atoms with Crippen molar-refractivity contribution in [2.45, 2.75) is 6.36 Å². The van der Waals surface area contributed by atoms with Gasteiger partial charge in [0.1, 0.15) is 5.75 Å². The smallest absolute Gasteiger partial charge is 0.406 e. The second kappa shape index (κ2) is 4.70. The van der Waals surface area contributed by atoms with E-state index in [-0.39, 0.29) is 10.0 Å². The highest BCUT2D eigenvalue weighted by Gasteiger charge is 2.31. The number of aromatic nitrogens is 2. The van der Waals surface area contributed by atoms with Gasteiger partial charge >= 0.3 is 6.36 Å². The van der Waals surface area contributed by atoms with Gasteiger partial charge in [-0.25, -0.2) is 0 Å². The number of hydrogen-bond acceptors (Lipinski definition) is 2. The van der Waals surface area contributed by atoms with Gasteiger partial charge in [-0.15, -0.1) is 13.2 Å². The van der Waals surface area contributed by atoms with Crippen LogP contribution in [0.25, 0.3) is 11.3 Å². The Hall–Kier alpha value is -1.40. The molecule has 0 radical (unpaired) electrons. The molecule has 0 aliphatic rings. The molecule has 0 aliphatic heterocycles. The van der Waals surface area contributed by atoms with E-state index >= 15 is 0 Å².